The third-order valence-corrected chi connectivity index (χ3v) is 5.34. The van der Waals surface area contributed by atoms with Gasteiger partial charge in [0.1, 0.15) is 0 Å². The van der Waals surface area contributed by atoms with Gasteiger partial charge in [-0.05, 0) is 56.2 Å². The van der Waals surface area contributed by atoms with Crippen molar-refractivity contribution in [3.8, 4) is 0 Å². The van der Waals surface area contributed by atoms with E-state index in [1.807, 2.05) is 31.2 Å². The van der Waals surface area contributed by atoms with Gasteiger partial charge in [-0.1, -0.05) is 23.7 Å². The molecule has 1 N–H and O–H groups in total. The first-order valence-corrected chi connectivity index (χ1v) is 8.10. The van der Waals surface area contributed by atoms with Crippen LogP contribution in [0.1, 0.15) is 38.2 Å². The third kappa shape index (κ3) is 3.11. The lowest BCUT2D eigenvalue weighted by atomic mass is 9.71. The fourth-order valence-corrected chi connectivity index (χ4v) is 3.83. The topological polar surface area (TPSA) is 38.7 Å². The van der Waals surface area contributed by atoms with Crippen LogP contribution in [0.25, 0.3) is 0 Å². The molecule has 0 bridgehead atoms. The number of hydrogen-bond acceptors (Lipinski definition) is 3. The van der Waals surface area contributed by atoms with Crippen LogP contribution in [0.2, 0.25) is 5.02 Å². The minimum atomic E-state index is -0.875. The van der Waals surface area contributed by atoms with Gasteiger partial charge < -0.3 is 14.6 Å². The Kier molecular flexibility index (Phi) is 4.28. The molecule has 116 valence electrons. The predicted molar refractivity (Wildman–Crippen MR) is 82.5 cm³/mol. The van der Waals surface area contributed by atoms with E-state index in [-0.39, 0.29) is 11.5 Å². The summed E-state index contributed by atoms with van der Waals surface area (Å²) in [5, 5.41) is 11.8. The Bertz CT molecular complexity index is 489. The number of ether oxygens (including phenoxy) is 2. The lowest BCUT2D eigenvalue weighted by Gasteiger charge is -2.47. The van der Waals surface area contributed by atoms with Crippen LogP contribution in [0.5, 0.6) is 0 Å². The Balaban J connectivity index is 1.81. The summed E-state index contributed by atoms with van der Waals surface area (Å²) in [6.07, 6.45) is 3.61. The zero-order chi connectivity index (χ0) is 14.9. The maximum absolute atomic E-state index is 11.1. The molecule has 1 aromatic rings. The highest BCUT2D eigenvalue weighted by Crippen LogP contribution is 2.44. The maximum Gasteiger partial charge on any atom is 0.0898 e. The Labute approximate surface area is 131 Å². The zero-order valence-electron chi connectivity index (χ0n) is 12.5. The highest BCUT2D eigenvalue weighted by Gasteiger charge is 2.45. The van der Waals surface area contributed by atoms with Crippen LogP contribution in [-0.2, 0) is 15.1 Å². The molecule has 0 aliphatic carbocycles. The second-order valence-electron chi connectivity index (χ2n) is 6.49. The summed E-state index contributed by atoms with van der Waals surface area (Å²) < 4.78 is 11.5. The van der Waals surface area contributed by atoms with E-state index in [9.17, 15) is 5.11 Å². The average molecular weight is 311 g/mol. The minimum Gasteiger partial charge on any atom is -0.385 e. The van der Waals surface area contributed by atoms with E-state index in [0.717, 1.165) is 44.5 Å². The van der Waals surface area contributed by atoms with Crippen LogP contribution in [0, 0.1) is 5.92 Å². The van der Waals surface area contributed by atoms with Crippen LogP contribution in [-0.4, -0.2) is 30.5 Å². The summed E-state index contributed by atoms with van der Waals surface area (Å²) >= 11 is 6.08. The molecule has 21 heavy (non-hydrogen) atoms. The molecular formula is C17H23ClO3. The van der Waals surface area contributed by atoms with Crippen molar-refractivity contribution in [3.05, 3.63) is 34.9 Å². The molecular weight excluding hydrogens is 288 g/mol. The second-order valence-corrected chi connectivity index (χ2v) is 6.93. The fraction of sp³-hybridized carbons (Fsp3) is 0.647. The first kappa shape index (κ1) is 15.3. The van der Waals surface area contributed by atoms with E-state index >= 15 is 0 Å². The Morgan fingerprint density at radius 3 is 2.76 bits per heavy atom. The first-order valence-electron chi connectivity index (χ1n) is 7.72. The van der Waals surface area contributed by atoms with Crippen molar-refractivity contribution >= 4 is 11.6 Å². The molecule has 0 aromatic heterocycles. The van der Waals surface area contributed by atoms with E-state index in [1.165, 1.54) is 0 Å². The molecule has 3 nitrogen and oxygen atoms in total. The smallest absolute Gasteiger partial charge is 0.0898 e. The van der Waals surface area contributed by atoms with Gasteiger partial charge in [0, 0.05) is 24.8 Å². The molecule has 2 heterocycles. The van der Waals surface area contributed by atoms with E-state index < -0.39 is 5.60 Å². The van der Waals surface area contributed by atoms with Gasteiger partial charge in [0.2, 0.25) is 0 Å². The van der Waals surface area contributed by atoms with Crippen LogP contribution in [0.15, 0.2) is 24.3 Å². The van der Waals surface area contributed by atoms with Gasteiger partial charge in [0.25, 0.3) is 0 Å². The summed E-state index contributed by atoms with van der Waals surface area (Å²) in [6.45, 7) is 4.13. The van der Waals surface area contributed by atoms with Gasteiger partial charge in [-0.2, -0.15) is 0 Å². The van der Waals surface area contributed by atoms with Crippen LogP contribution in [0.4, 0.5) is 0 Å². The third-order valence-electron chi connectivity index (χ3n) is 5.10. The van der Waals surface area contributed by atoms with Gasteiger partial charge in [0.05, 0.1) is 11.2 Å². The molecule has 2 aliphatic heterocycles. The fourth-order valence-electron chi connectivity index (χ4n) is 3.64. The summed E-state index contributed by atoms with van der Waals surface area (Å²) in [4.78, 5) is 0. The van der Waals surface area contributed by atoms with Crippen LogP contribution in [0.3, 0.4) is 0 Å². The number of benzene rings is 1. The van der Waals surface area contributed by atoms with Crippen molar-refractivity contribution in [3.63, 3.8) is 0 Å². The number of halogens is 1. The standard InChI is InChI=1S/C17H23ClO3/c1-16(19,13-3-2-4-15(18)11-13)14-5-8-21-17(12-14)6-9-20-10-7-17/h2-4,11,14,19H,5-10,12H2,1H3. The SMILES string of the molecule is CC(O)(c1cccc(Cl)c1)C1CCOC2(CCOCC2)C1. The summed E-state index contributed by atoms with van der Waals surface area (Å²) in [6, 6.07) is 7.56. The Hall–Kier alpha value is -0.610. The monoisotopic (exact) mass is 310 g/mol. The lowest BCUT2D eigenvalue weighted by molar-refractivity contribution is -0.174. The molecule has 2 fully saturated rings. The van der Waals surface area contributed by atoms with E-state index in [1.54, 1.807) is 0 Å². The molecule has 3 rings (SSSR count). The molecule has 0 radical (unpaired) electrons. The van der Waals surface area contributed by atoms with Crippen molar-refractivity contribution < 1.29 is 14.6 Å². The molecule has 1 spiro atoms. The van der Waals surface area contributed by atoms with E-state index in [0.29, 0.717) is 11.6 Å². The number of rotatable bonds is 2. The van der Waals surface area contributed by atoms with Crippen molar-refractivity contribution in [2.75, 3.05) is 19.8 Å². The first-order chi connectivity index (χ1) is 10.0. The van der Waals surface area contributed by atoms with Gasteiger partial charge in [-0.15, -0.1) is 0 Å². The normalized spacial score (nSPS) is 28.2. The lowest BCUT2D eigenvalue weighted by Crippen LogP contribution is -2.48. The highest BCUT2D eigenvalue weighted by atomic mass is 35.5. The minimum absolute atomic E-state index is 0.107. The van der Waals surface area contributed by atoms with Crippen LogP contribution < -0.4 is 0 Å². The van der Waals surface area contributed by atoms with E-state index in [2.05, 4.69) is 0 Å². The molecule has 2 aliphatic rings. The van der Waals surface area contributed by atoms with Crippen molar-refractivity contribution in [2.24, 2.45) is 5.92 Å². The second kappa shape index (κ2) is 5.88. The van der Waals surface area contributed by atoms with E-state index in [4.69, 9.17) is 21.1 Å². The van der Waals surface area contributed by atoms with Gasteiger partial charge in [-0.25, -0.2) is 0 Å². The number of hydrogen-bond donors (Lipinski definition) is 1. The average Bonchev–Trinajstić information content (AvgIpc) is 2.48. The summed E-state index contributed by atoms with van der Waals surface area (Å²) in [5.41, 5.74) is -0.0897. The number of aliphatic hydroxyl groups is 1. The van der Waals surface area contributed by atoms with Crippen molar-refractivity contribution in [2.45, 2.75) is 43.8 Å². The van der Waals surface area contributed by atoms with Gasteiger partial charge in [-0.3, -0.25) is 0 Å². The maximum atomic E-state index is 11.1. The summed E-state index contributed by atoms with van der Waals surface area (Å²) in [7, 11) is 0. The highest BCUT2D eigenvalue weighted by molar-refractivity contribution is 6.30. The zero-order valence-corrected chi connectivity index (χ0v) is 13.2. The molecule has 2 saturated heterocycles. The molecule has 0 amide bonds. The van der Waals surface area contributed by atoms with Gasteiger partial charge in [0.15, 0.2) is 0 Å². The summed E-state index contributed by atoms with van der Waals surface area (Å²) in [5.74, 6) is 0.183. The predicted octanol–water partition coefficient (Wildman–Crippen LogP) is 3.52. The molecule has 2 atom stereocenters. The molecule has 1 aromatic carbocycles. The van der Waals surface area contributed by atoms with Gasteiger partial charge >= 0.3 is 0 Å². The van der Waals surface area contributed by atoms with Crippen molar-refractivity contribution in [1.82, 2.24) is 0 Å². The Morgan fingerprint density at radius 1 is 1.29 bits per heavy atom. The quantitative estimate of drug-likeness (QED) is 0.908. The molecule has 2 unspecified atom stereocenters. The van der Waals surface area contributed by atoms with Crippen molar-refractivity contribution in [1.29, 1.82) is 0 Å². The molecule has 0 saturated carbocycles. The Morgan fingerprint density at radius 2 is 2.05 bits per heavy atom. The molecule has 4 heteroatoms. The largest absolute Gasteiger partial charge is 0.385 e. The van der Waals surface area contributed by atoms with Crippen LogP contribution >= 0.6 is 11.6 Å².